The van der Waals surface area contributed by atoms with E-state index in [1.807, 2.05) is 36.4 Å². The Balaban J connectivity index is 1.78. The number of carbonyl (C=O) groups is 2. The summed E-state index contributed by atoms with van der Waals surface area (Å²) in [6.07, 6.45) is 7.14. The number of nitrogens with zero attached hydrogens (tertiary/aromatic N) is 1. The van der Waals surface area contributed by atoms with Gasteiger partial charge in [-0.2, -0.15) is 0 Å². The molecule has 1 saturated heterocycles. The number of unbranched alkanes of at least 4 members (excludes halogenated alkanes) is 3. The molecule has 1 aliphatic heterocycles. The van der Waals surface area contributed by atoms with Gasteiger partial charge in [-0.1, -0.05) is 56.0 Å². The molecule has 2 amide bonds. The van der Waals surface area contributed by atoms with Gasteiger partial charge in [0.15, 0.2) is 0 Å². The fourth-order valence-electron chi connectivity index (χ4n) is 2.83. The molecule has 1 atom stereocenters. The summed E-state index contributed by atoms with van der Waals surface area (Å²) >= 11 is 0. The number of amides is 2. The molecule has 0 radical (unpaired) electrons. The Labute approximate surface area is 163 Å². The number of allylic oxidation sites excluding steroid dienone is 1. The van der Waals surface area contributed by atoms with E-state index in [2.05, 4.69) is 31.1 Å². The molecule has 0 saturated carbocycles. The van der Waals surface area contributed by atoms with E-state index in [4.69, 9.17) is 4.74 Å². The average Bonchev–Trinajstić information content (AvgIpc) is 2.97. The highest BCUT2D eigenvalue weighted by Gasteiger charge is 2.36. The van der Waals surface area contributed by atoms with Gasteiger partial charge in [0.2, 0.25) is 0 Å². The van der Waals surface area contributed by atoms with Crippen LogP contribution in [0.3, 0.4) is 0 Å². The number of ether oxygens (including phenoxy) is 1. The van der Waals surface area contributed by atoms with Gasteiger partial charge >= 0.3 is 6.09 Å². The van der Waals surface area contributed by atoms with Gasteiger partial charge in [0.1, 0.15) is 14.7 Å². The summed E-state index contributed by atoms with van der Waals surface area (Å²) in [6.45, 7) is 6.97. The third kappa shape index (κ3) is 7.44. The van der Waals surface area contributed by atoms with Crippen molar-refractivity contribution in [2.45, 2.75) is 57.8 Å². The molecule has 1 fully saturated rings. The first-order valence-electron chi connectivity index (χ1n) is 9.57. The minimum Gasteiger partial charge on any atom is -0.447 e. The summed E-state index contributed by atoms with van der Waals surface area (Å²) < 4.78 is 5.09. The largest absolute Gasteiger partial charge is 0.447 e. The van der Waals surface area contributed by atoms with E-state index in [1.54, 1.807) is 0 Å². The van der Waals surface area contributed by atoms with E-state index >= 15 is 0 Å². The van der Waals surface area contributed by atoms with Crippen LogP contribution in [0.25, 0.3) is 0 Å². The van der Waals surface area contributed by atoms with Crippen molar-refractivity contribution >= 4 is 20.1 Å². The Bertz CT molecular complexity index is 725. The first-order valence-corrected chi connectivity index (χ1v) is 13.1. The maximum Gasteiger partial charge on any atom is 0.417 e. The monoisotopic (exact) mass is 383 g/mol. The second-order valence-corrected chi connectivity index (χ2v) is 12.6. The Morgan fingerprint density at radius 2 is 2.00 bits per heavy atom. The van der Waals surface area contributed by atoms with Gasteiger partial charge in [0.05, 0.1) is 6.04 Å². The molecular weight excluding hydrogens is 354 g/mol. The van der Waals surface area contributed by atoms with Crippen LogP contribution in [0.4, 0.5) is 4.79 Å². The lowest BCUT2D eigenvalue weighted by molar-refractivity contribution is -0.124. The smallest absolute Gasteiger partial charge is 0.417 e. The zero-order valence-electron chi connectivity index (χ0n) is 16.5. The molecule has 0 aromatic heterocycles. The van der Waals surface area contributed by atoms with Crippen LogP contribution in [0.5, 0.6) is 0 Å². The van der Waals surface area contributed by atoms with Crippen molar-refractivity contribution in [2.24, 2.45) is 0 Å². The lowest BCUT2D eigenvalue weighted by Gasteiger charge is -2.18. The molecular formula is C22H29NO3Si. The normalized spacial score (nSPS) is 16.9. The number of benzene rings is 1. The van der Waals surface area contributed by atoms with Crippen LogP contribution >= 0.6 is 0 Å². The third-order valence-corrected chi connectivity index (χ3v) is 5.09. The second kappa shape index (κ2) is 10.1. The van der Waals surface area contributed by atoms with Crippen molar-refractivity contribution in [3.63, 3.8) is 0 Å². The molecule has 144 valence electrons. The number of imide groups is 1. The Hall–Kier alpha value is -2.32. The van der Waals surface area contributed by atoms with Crippen LogP contribution in [0, 0.1) is 11.5 Å². The highest BCUT2D eigenvalue weighted by Crippen LogP contribution is 2.18. The summed E-state index contributed by atoms with van der Waals surface area (Å²) in [5, 5.41) is 0. The zero-order valence-corrected chi connectivity index (χ0v) is 17.5. The minimum atomic E-state index is -1.27. The van der Waals surface area contributed by atoms with Crippen molar-refractivity contribution in [1.82, 2.24) is 4.90 Å². The molecule has 0 unspecified atom stereocenters. The maximum absolute atomic E-state index is 12.4. The molecule has 0 N–H and O–H groups in total. The first-order chi connectivity index (χ1) is 12.9. The van der Waals surface area contributed by atoms with Gasteiger partial charge in [-0.25, -0.2) is 9.69 Å². The molecule has 4 nitrogen and oxygen atoms in total. The number of hydrogen-bond donors (Lipinski definition) is 0. The summed E-state index contributed by atoms with van der Waals surface area (Å²) in [6, 6.07) is 9.59. The van der Waals surface area contributed by atoms with E-state index in [0.717, 1.165) is 31.2 Å². The van der Waals surface area contributed by atoms with Crippen LogP contribution in [-0.4, -0.2) is 37.6 Å². The standard InChI is InChI=1S/C22H29NO3Si/c1-27(2,3)16-12-7-5-4-6-11-15-21(24)23-20(18-26-22(23)25)17-19-13-9-8-10-14-19/h8-11,13-15,20H,4-7,17-18H2,1-3H3/b15-11+/t20-/m1/s1. The molecule has 0 bridgehead atoms. The molecule has 1 heterocycles. The summed E-state index contributed by atoms with van der Waals surface area (Å²) in [5.74, 6) is 2.96. The van der Waals surface area contributed by atoms with Crippen molar-refractivity contribution < 1.29 is 14.3 Å². The fraction of sp³-hybridized carbons (Fsp3) is 0.455. The van der Waals surface area contributed by atoms with Crippen LogP contribution in [0.15, 0.2) is 42.5 Å². The van der Waals surface area contributed by atoms with Gasteiger partial charge in [0, 0.05) is 6.42 Å². The van der Waals surface area contributed by atoms with Crippen molar-refractivity contribution in [1.29, 1.82) is 0 Å². The number of cyclic esters (lactones) is 1. The summed E-state index contributed by atoms with van der Waals surface area (Å²) in [4.78, 5) is 25.6. The highest BCUT2D eigenvalue weighted by molar-refractivity contribution is 6.83. The predicted molar refractivity (Wildman–Crippen MR) is 111 cm³/mol. The molecule has 2 rings (SSSR count). The van der Waals surface area contributed by atoms with Gasteiger partial charge in [0.25, 0.3) is 5.91 Å². The van der Waals surface area contributed by atoms with Gasteiger partial charge in [-0.05, 0) is 37.3 Å². The average molecular weight is 384 g/mol. The Kier molecular flexibility index (Phi) is 7.87. The summed E-state index contributed by atoms with van der Waals surface area (Å²) in [7, 11) is -1.27. The van der Waals surface area contributed by atoms with E-state index in [9.17, 15) is 9.59 Å². The SMILES string of the molecule is C[Si](C)(C)C#CCCCC/C=C/C(=O)N1C(=O)OC[C@H]1Cc1ccccc1. The predicted octanol–water partition coefficient (Wildman–Crippen LogP) is 4.57. The first kappa shape index (κ1) is 21.0. The van der Waals surface area contributed by atoms with Gasteiger partial charge in [-0.15, -0.1) is 11.5 Å². The third-order valence-electron chi connectivity index (χ3n) is 4.16. The maximum atomic E-state index is 12.4. The number of rotatable bonds is 7. The number of carbonyl (C=O) groups excluding carboxylic acids is 2. The molecule has 0 spiro atoms. The minimum absolute atomic E-state index is 0.242. The molecule has 1 aromatic carbocycles. The molecule has 1 aromatic rings. The lowest BCUT2D eigenvalue weighted by atomic mass is 10.1. The topological polar surface area (TPSA) is 46.6 Å². The molecule has 0 aliphatic carbocycles. The van der Waals surface area contributed by atoms with E-state index in [1.165, 1.54) is 11.0 Å². The zero-order chi connectivity index (χ0) is 19.7. The van der Waals surface area contributed by atoms with Crippen molar-refractivity contribution in [3.8, 4) is 11.5 Å². The van der Waals surface area contributed by atoms with Gasteiger partial charge in [-0.3, -0.25) is 4.79 Å². The van der Waals surface area contributed by atoms with E-state index in [0.29, 0.717) is 6.42 Å². The van der Waals surface area contributed by atoms with E-state index in [-0.39, 0.29) is 18.6 Å². The highest BCUT2D eigenvalue weighted by atomic mass is 28.3. The molecule has 27 heavy (non-hydrogen) atoms. The van der Waals surface area contributed by atoms with E-state index < -0.39 is 14.2 Å². The Morgan fingerprint density at radius 1 is 1.26 bits per heavy atom. The molecule has 1 aliphatic rings. The van der Waals surface area contributed by atoms with Crippen molar-refractivity contribution in [3.05, 3.63) is 48.0 Å². The number of hydrogen-bond acceptors (Lipinski definition) is 3. The second-order valence-electron chi connectivity index (χ2n) is 7.83. The van der Waals surface area contributed by atoms with Crippen LogP contribution in [0.2, 0.25) is 19.6 Å². The van der Waals surface area contributed by atoms with Crippen LogP contribution < -0.4 is 0 Å². The molecule has 5 heteroatoms. The van der Waals surface area contributed by atoms with Crippen LogP contribution in [-0.2, 0) is 16.0 Å². The van der Waals surface area contributed by atoms with Gasteiger partial charge < -0.3 is 4.74 Å². The van der Waals surface area contributed by atoms with Crippen molar-refractivity contribution in [2.75, 3.05) is 6.61 Å². The summed E-state index contributed by atoms with van der Waals surface area (Å²) in [5.41, 5.74) is 4.44. The van der Waals surface area contributed by atoms with Crippen LogP contribution in [0.1, 0.15) is 31.2 Å². The Morgan fingerprint density at radius 3 is 2.70 bits per heavy atom. The fourth-order valence-corrected chi connectivity index (χ4v) is 3.49. The lowest BCUT2D eigenvalue weighted by Crippen LogP contribution is -2.39. The quantitative estimate of drug-likeness (QED) is 0.300.